The van der Waals surface area contributed by atoms with Gasteiger partial charge in [0.2, 0.25) is 0 Å². The molecule has 1 amide bonds. The third kappa shape index (κ3) is 3.83. The van der Waals surface area contributed by atoms with Crippen molar-refractivity contribution in [3.63, 3.8) is 0 Å². The number of halogens is 2. The summed E-state index contributed by atoms with van der Waals surface area (Å²) in [5.74, 6) is -0.494. The van der Waals surface area contributed by atoms with E-state index in [0.717, 1.165) is 11.6 Å². The SMILES string of the molecule is Cc1ccc(-n2nc3ccc(NC(=O)c4ccc([N+](=O)[O-])cc4Cl)cc3n2)cc1Cl. The van der Waals surface area contributed by atoms with E-state index in [9.17, 15) is 14.9 Å². The second kappa shape index (κ2) is 7.74. The van der Waals surface area contributed by atoms with Crippen LogP contribution in [0.4, 0.5) is 11.4 Å². The predicted molar refractivity (Wildman–Crippen MR) is 115 cm³/mol. The van der Waals surface area contributed by atoms with Gasteiger partial charge in [0.1, 0.15) is 11.0 Å². The van der Waals surface area contributed by atoms with Crippen molar-refractivity contribution in [3.05, 3.63) is 85.9 Å². The number of carbonyl (C=O) groups excluding carboxylic acids is 1. The van der Waals surface area contributed by atoms with Crippen LogP contribution in [0, 0.1) is 17.0 Å². The lowest BCUT2D eigenvalue weighted by Gasteiger charge is -2.06. The molecule has 0 unspecified atom stereocenters. The number of nitro groups is 1. The van der Waals surface area contributed by atoms with Crippen molar-refractivity contribution >= 4 is 51.5 Å². The maximum Gasteiger partial charge on any atom is 0.270 e. The van der Waals surface area contributed by atoms with Crippen LogP contribution in [-0.4, -0.2) is 25.8 Å². The number of hydrogen-bond acceptors (Lipinski definition) is 5. The summed E-state index contributed by atoms with van der Waals surface area (Å²) in [6.07, 6.45) is 0. The van der Waals surface area contributed by atoms with Gasteiger partial charge in [-0.05, 0) is 48.9 Å². The van der Waals surface area contributed by atoms with E-state index < -0.39 is 10.8 Å². The molecule has 0 aliphatic heterocycles. The van der Waals surface area contributed by atoms with Crippen molar-refractivity contribution in [1.82, 2.24) is 15.0 Å². The first-order chi connectivity index (χ1) is 14.3. The Labute approximate surface area is 180 Å². The molecule has 4 rings (SSSR count). The van der Waals surface area contributed by atoms with Gasteiger partial charge in [-0.1, -0.05) is 29.3 Å². The minimum absolute atomic E-state index is 0.00928. The van der Waals surface area contributed by atoms with Crippen molar-refractivity contribution in [2.75, 3.05) is 5.32 Å². The van der Waals surface area contributed by atoms with Gasteiger partial charge in [0.05, 0.1) is 21.2 Å². The third-order valence-electron chi connectivity index (χ3n) is 4.43. The Kier molecular flexibility index (Phi) is 5.11. The predicted octanol–water partition coefficient (Wildman–Crippen LogP) is 5.20. The highest BCUT2D eigenvalue weighted by atomic mass is 35.5. The van der Waals surface area contributed by atoms with E-state index in [2.05, 4.69) is 15.5 Å². The molecule has 0 saturated heterocycles. The number of benzene rings is 3. The first-order valence-corrected chi connectivity index (χ1v) is 9.46. The van der Waals surface area contributed by atoms with Crippen molar-refractivity contribution in [3.8, 4) is 5.69 Å². The first kappa shape index (κ1) is 19.8. The second-order valence-electron chi connectivity index (χ2n) is 6.50. The van der Waals surface area contributed by atoms with E-state index in [1.165, 1.54) is 16.9 Å². The third-order valence-corrected chi connectivity index (χ3v) is 5.15. The lowest BCUT2D eigenvalue weighted by atomic mass is 10.2. The normalized spacial score (nSPS) is 10.9. The quantitative estimate of drug-likeness (QED) is 0.346. The maximum absolute atomic E-state index is 12.5. The van der Waals surface area contributed by atoms with E-state index in [1.54, 1.807) is 24.3 Å². The molecule has 8 nitrogen and oxygen atoms in total. The number of nitrogens with one attached hydrogen (secondary N) is 1. The van der Waals surface area contributed by atoms with Gasteiger partial charge in [0, 0.05) is 22.8 Å². The van der Waals surface area contributed by atoms with Gasteiger partial charge in [-0.25, -0.2) is 0 Å². The van der Waals surface area contributed by atoms with Crippen LogP contribution in [-0.2, 0) is 0 Å². The monoisotopic (exact) mass is 441 g/mol. The van der Waals surface area contributed by atoms with E-state index in [0.29, 0.717) is 27.4 Å². The summed E-state index contributed by atoms with van der Waals surface area (Å²) in [5.41, 5.74) is 3.29. The number of hydrogen-bond donors (Lipinski definition) is 1. The summed E-state index contributed by atoms with van der Waals surface area (Å²) < 4.78 is 0. The van der Waals surface area contributed by atoms with E-state index in [1.807, 2.05) is 19.1 Å². The van der Waals surface area contributed by atoms with Crippen LogP contribution in [0.25, 0.3) is 16.7 Å². The second-order valence-corrected chi connectivity index (χ2v) is 7.32. The lowest BCUT2D eigenvalue weighted by molar-refractivity contribution is -0.384. The summed E-state index contributed by atoms with van der Waals surface area (Å²) in [7, 11) is 0. The number of rotatable bonds is 4. The summed E-state index contributed by atoms with van der Waals surface area (Å²) >= 11 is 12.2. The minimum atomic E-state index is -0.577. The highest BCUT2D eigenvalue weighted by molar-refractivity contribution is 6.34. The molecule has 1 aromatic heterocycles. The average molecular weight is 442 g/mol. The van der Waals surface area contributed by atoms with Crippen LogP contribution < -0.4 is 5.32 Å². The number of anilines is 1. The Morgan fingerprint density at radius 3 is 2.47 bits per heavy atom. The molecule has 30 heavy (non-hydrogen) atoms. The van der Waals surface area contributed by atoms with Gasteiger partial charge in [-0.3, -0.25) is 14.9 Å². The summed E-state index contributed by atoms with van der Waals surface area (Å²) in [5, 5.41) is 23.0. The molecular weight excluding hydrogens is 429 g/mol. The van der Waals surface area contributed by atoms with Crippen LogP contribution in [0.2, 0.25) is 10.0 Å². The van der Waals surface area contributed by atoms with Gasteiger partial charge in [0.25, 0.3) is 11.6 Å². The zero-order valence-corrected chi connectivity index (χ0v) is 17.0. The van der Waals surface area contributed by atoms with Crippen LogP contribution in [0.15, 0.2) is 54.6 Å². The topological polar surface area (TPSA) is 103 Å². The zero-order valence-electron chi connectivity index (χ0n) is 15.5. The smallest absolute Gasteiger partial charge is 0.270 e. The van der Waals surface area contributed by atoms with Gasteiger partial charge in [-0.15, -0.1) is 10.2 Å². The molecule has 10 heteroatoms. The molecule has 0 radical (unpaired) electrons. The van der Waals surface area contributed by atoms with Crippen LogP contribution in [0.5, 0.6) is 0 Å². The molecule has 150 valence electrons. The molecule has 0 spiro atoms. The molecule has 0 bridgehead atoms. The molecule has 0 atom stereocenters. The van der Waals surface area contributed by atoms with E-state index >= 15 is 0 Å². The van der Waals surface area contributed by atoms with Crippen molar-refractivity contribution in [2.24, 2.45) is 0 Å². The fraction of sp³-hybridized carbons (Fsp3) is 0.0500. The molecule has 0 aliphatic rings. The average Bonchev–Trinajstić information content (AvgIpc) is 3.13. The van der Waals surface area contributed by atoms with E-state index in [-0.39, 0.29) is 16.3 Å². The Bertz CT molecular complexity index is 1320. The molecule has 0 aliphatic carbocycles. The molecule has 0 fully saturated rings. The highest BCUT2D eigenvalue weighted by Gasteiger charge is 2.16. The summed E-state index contributed by atoms with van der Waals surface area (Å²) in [4.78, 5) is 24.2. The fourth-order valence-electron chi connectivity index (χ4n) is 2.81. The number of nitrogens with zero attached hydrogens (tertiary/aromatic N) is 4. The molecule has 4 aromatic rings. The fourth-order valence-corrected chi connectivity index (χ4v) is 3.25. The number of non-ortho nitro benzene ring substituents is 1. The zero-order chi connectivity index (χ0) is 21.4. The maximum atomic E-state index is 12.5. The summed E-state index contributed by atoms with van der Waals surface area (Å²) in [6, 6.07) is 14.3. The largest absolute Gasteiger partial charge is 0.322 e. The molecule has 1 heterocycles. The minimum Gasteiger partial charge on any atom is -0.322 e. The van der Waals surface area contributed by atoms with Crippen molar-refractivity contribution in [1.29, 1.82) is 0 Å². The van der Waals surface area contributed by atoms with Gasteiger partial charge >= 0.3 is 0 Å². The lowest BCUT2D eigenvalue weighted by Crippen LogP contribution is -2.12. The highest BCUT2D eigenvalue weighted by Crippen LogP contribution is 2.25. The van der Waals surface area contributed by atoms with E-state index in [4.69, 9.17) is 23.2 Å². The van der Waals surface area contributed by atoms with Gasteiger partial charge in [0.15, 0.2) is 0 Å². The Morgan fingerprint density at radius 2 is 1.77 bits per heavy atom. The number of aryl methyl sites for hydroxylation is 1. The first-order valence-electron chi connectivity index (χ1n) is 8.71. The van der Waals surface area contributed by atoms with Gasteiger partial charge in [-0.2, -0.15) is 4.80 Å². The Balaban J connectivity index is 1.60. The Hall–Kier alpha value is -3.49. The number of carbonyl (C=O) groups is 1. The number of fused-ring (bicyclic) bond motifs is 1. The summed E-state index contributed by atoms with van der Waals surface area (Å²) in [6.45, 7) is 1.91. The van der Waals surface area contributed by atoms with Crippen LogP contribution in [0.1, 0.15) is 15.9 Å². The molecule has 1 N–H and O–H groups in total. The van der Waals surface area contributed by atoms with Crippen molar-refractivity contribution < 1.29 is 9.72 Å². The van der Waals surface area contributed by atoms with Crippen molar-refractivity contribution in [2.45, 2.75) is 6.92 Å². The molecular formula is C20H13Cl2N5O3. The standard InChI is InChI=1S/C20H13Cl2N5O3/c1-11-2-4-13(9-16(11)21)26-24-18-7-3-12(8-19(18)25-26)23-20(28)15-6-5-14(27(29)30)10-17(15)22/h2-10H,1H3,(H,23,28). The number of aromatic nitrogens is 3. The number of amides is 1. The van der Waals surface area contributed by atoms with Crippen LogP contribution >= 0.6 is 23.2 Å². The van der Waals surface area contributed by atoms with Gasteiger partial charge < -0.3 is 5.32 Å². The molecule has 0 saturated carbocycles. The number of nitro benzene ring substituents is 1. The Morgan fingerprint density at radius 1 is 1.00 bits per heavy atom. The molecule has 3 aromatic carbocycles. The van der Waals surface area contributed by atoms with Crippen LogP contribution in [0.3, 0.4) is 0 Å².